The van der Waals surface area contributed by atoms with Gasteiger partial charge in [0.15, 0.2) is 0 Å². The number of rotatable bonds is 5. The second kappa shape index (κ2) is 12.5. The number of hydrogen-bond acceptors (Lipinski definition) is 3. The zero-order valence-electron chi connectivity index (χ0n) is 30.8. The zero-order chi connectivity index (χ0) is 37.5. The Kier molecular flexibility index (Phi) is 6.93. The molecule has 0 saturated heterocycles. The third kappa shape index (κ3) is 5.06. The van der Waals surface area contributed by atoms with Crippen LogP contribution in [0.1, 0.15) is 0 Å². The Balaban J connectivity index is 1.05. The van der Waals surface area contributed by atoms with Crippen LogP contribution in [-0.4, -0.2) is 0 Å². The van der Waals surface area contributed by atoms with Gasteiger partial charge in [0.25, 0.3) is 0 Å². The summed E-state index contributed by atoms with van der Waals surface area (Å²) in [5.74, 6) is 0. The van der Waals surface area contributed by atoms with Crippen LogP contribution in [0.2, 0.25) is 0 Å². The smallest absolute Gasteiger partial charge is 0.136 e. The van der Waals surface area contributed by atoms with E-state index in [9.17, 15) is 0 Å². The summed E-state index contributed by atoms with van der Waals surface area (Å²) in [5, 5.41) is 11.8. The minimum atomic E-state index is 0.872. The van der Waals surface area contributed by atoms with E-state index in [1.807, 2.05) is 12.1 Å². The lowest BCUT2D eigenvalue weighted by molar-refractivity contribution is 0.669. The monoisotopic (exact) mass is 727 g/mol. The number of nitrogens with zero attached hydrogens (tertiary/aromatic N) is 1. The van der Waals surface area contributed by atoms with E-state index in [1.165, 1.54) is 43.4 Å². The molecule has 2 aromatic heterocycles. The maximum absolute atomic E-state index is 6.41. The van der Waals surface area contributed by atoms with Gasteiger partial charge >= 0.3 is 0 Å². The van der Waals surface area contributed by atoms with Crippen LogP contribution in [0.25, 0.3) is 98.4 Å². The molecule has 10 aromatic carbocycles. The van der Waals surface area contributed by atoms with Crippen LogP contribution in [0, 0.1) is 0 Å². The summed E-state index contributed by atoms with van der Waals surface area (Å²) in [7, 11) is 0. The number of anilines is 3. The fraction of sp³-hybridized carbons (Fsp3) is 0. The van der Waals surface area contributed by atoms with E-state index >= 15 is 0 Å². The molecule has 12 rings (SSSR count). The summed E-state index contributed by atoms with van der Waals surface area (Å²) >= 11 is 0. The van der Waals surface area contributed by atoms with Crippen molar-refractivity contribution >= 4 is 93.3 Å². The quantitative estimate of drug-likeness (QED) is 0.165. The van der Waals surface area contributed by atoms with Crippen molar-refractivity contribution in [2.45, 2.75) is 0 Å². The van der Waals surface area contributed by atoms with E-state index in [0.29, 0.717) is 0 Å². The number of para-hydroxylation sites is 2. The topological polar surface area (TPSA) is 29.5 Å². The molecule has 0 unspecified atom stereocenters. The molecule has 2 heterocycles. The van der Waals surface area contributed by atoms with Gasteiger partial charge in [-0.1, -0.05) is 127 Å². The molecular weight excluding hydrogens is 695 g/mol. The second-order valence-electron chi connectivity index (χ2n) is 14.9. The molecule has 266 valence electrons. The maximum atomic E-state index is 6.41. The average Bonchev–Trinajstić information content (AvgIpc) is 3.83. The van der Waals surface area contributed by atoms with E-state index in [2.05, 4.69) is 193 Å². The van der Waals surface area contributed by atoms with Gasteiger partial charge in [-0.15, -0.1) is 0 Å². The SMILES string of the molecule is c1ccc(N(c2ccc(-c3cc4ccccc4c4ccccc34)cc2)c2ccc3oc4ccccc4c3c2)c(-c2ccc3oc4cc5ccccc5cc4c3c2)c1. The van der Waals surface area contributed by atoms with Gasteiger partial charge in [0.05, 0.1) is 5.69 Å². The minimum absolute atomic E-state index is 0.872. The van der Waals surface area contributed by atoms with Crippen molar-refractivity contribution in [3.63, 3.8) is 0 Å². The van der Waals surface area contributed by atoms with Gasteiger partial charge < -0.3 is 13.7 Å². The van der Waals surface area contributed by atoms with E-state index in [0.717, 1.165) is 72.1 Å². The van der Waals surface area contributed by atoms with Crippen LogP contribution in [-0.2, 0) is 0 Å². The number of benzene rings is 10. The van der Waals surface area contributed by atoms with Crippen LogP contribution in [0.15, 0.2) is 209 Å². The van der Waals surface area contributed by atoms with Crippen LogP contribution in [0.5, 0.6) is 0 Å². The van der Waals surface area contributed by atoms with Gasteiger partial charge in [-0.25, -0.2) is 0 Å². The first-order chi connectivity index (χ1) is 28.2. The molecule has 0 radical (unpaired) electrons. The van der Waals surface area contributed by atoms with Gasteiger partial charge in [0, 0.05) is 38.5 Å². The second-order valence-corrected chi connectivity index (χ2v) is 14.9. The fourth-order valence-electron chi connectivity index (χ4n) is 8.91. The van der Waals surface area contributed by atoms with E-state index < -0.39 is 0 Å². The number of furan rings is 2. The molecule has 0 spiro atoms. The summed E-state index contributed by atoms with van der Waals surface area (Å²) in [6.45, 7) is 0. The zero-order valence-corrected chi connectivity index (χ0v) is 30.8. The van der Waals surface area contributed by atoms with E-state index in [1.54, 1.807) is 0 Å². The van der Waals surface area contributed by atoms with Crippen molar-refractivity contribution in [1.29, 1.82) is 0 Å². The van der Waals surface area contributed by atoms with Crippen LogP contribution >= 0.6 is 0 Å². The Morgan fingerprint density at radius 1 is 0.281 bits per heavy atom. The highest BCUT2D eigenvalue weighted by molar-refractivity contribution is 6.14. The lowest BCUT2D eigenvalue weighted by atomic mass is 9.93. The summed E-state index contributed by atoms with van der Waals surface area (Å²) in [4.78, 5) is 2.38. The molecule has 0 saturated carbocycles. The Morgan fingerprint density at radius 2 is 0.842 bits per heavy atom. The number of hydrogen-bond donors (Lipinski definition) is 0. The molecule has 0 aliphatic heterocycles. The highest BCUT2D eigenvalue weighted by Crippen LogP contribution is 2.45. The van der Waals surface area contributed by atoms with E-state index in [-0.39, 0.29) is 0 Å². The van der Waals surface area contributed by atoms with E-state index in [4.69, 9.17) is 8.83 Å². The van der Waals surface area contributed by atoms with Crippen LogP contribution in [0.4, 0.5) is 17.1 Å². The third-order valence-electron chi connectivity index (χ3n) is 11.6. The van der Waals surface area contributed by atoms with Crippen LogP contribution in [0.3, 0.4) is 0 Å². The van der Waals surface area contributed by atoms with Crippen molar-refractivity contribution < 1.29 is 8.83 Å². The maximum Gasteiger partial charge on any atom is 0.136 e. The van der Waals surface area contributed by atoms with Gasteiger partial charge in [0.2, 0.25) is 0 Å². The molecule has 0 fully saturated rings. The molecule has 12 aromatic rings. The largest absolute Gasteiger partial charge is 0.456 e. The van der Waals surface area contributed by atoms with Crippen molar-refractivity contribution in [3.05, 3.63) is 200 Å². The van der Waals surface area contributed by atoms with Crippen molar-refractivity contribution in [2.24, 2.45) is 0 Å². The Morgan fingerprint density at radius 3 is 1.68 bits per heavy atom. The summed E-state index contributed by atoms with van der Waals surface area (Å²) in [6, 6.07) is 71.7. The van der Waals surface area contributed by atoms with Crippen LogP contribution < -0.4 is 4.90 Å². The van der Waals surface area contributed by atoms with Crippen molar-refractivity contribution in [2.75, 3.05) is 4.90 Å². The highest BCUT2D eigenvalue weighted by Gasteiger charge is 2.20. The Labute approximate surface area is 328 Å². The molecule has 0 aliphatic rings. The Hall–Kier alpha value is -7.62. The van der Waals surface area contributed by atoms with Crippen molar-refractivity contribution in [1.82, 2.24) is 0 Å². The molecular formula is C54H33NO2. The predicted molar refractivity (Wildman–Crippen MR) is 239 cm³/mol. The lowest BCUT2D eigenvalue weighted by Gasteiger charge is -2.28. The molecule has 0 atom stereocenters. The third-order valence-corrected chi connectivity index (χ3v) is 11.6. The first kappa shape index (κ1) is 31.7. The number of fused-ring (bicyclic) bond motifs is 10. The minimum Gasteiger partial charge on any atom is -0.456 e. The molecule has 0 bridgehead atoms. The van der Waals surface area contributed by atoms with Gasteiger partial charge in [-0.2, -0.15) is 0 Å². The first-order valence-electron chi connectivity index (χ1n) is 19.4. The predicted octanol–water partition coefficient (Wildman–Crippen LogP) is 15.7. The standard InChI is InChI=1S/C54H33NO2/c1-2-12-36-32-54-48(29-35(36)11-1)47-31-38(23-27-52(47)57-54)42-15-7-9-19-50(42)55(40-26-28-53-49(33-40)45-18-8-10-20-51(45)56-53)39-24-21-34(22-25-39)46-30-37-13-3-4-14-41(37)43-16-5-6-17-44(43)46/h1-33H. The van der Waals surface area contributed by atoms with Gasteiger partial charge in [-0.05, 0) is 122 Å². The lowest BCUT2D eigenvalue weighted by Crippen LogP contribution is -2.11. The van der Waals surface area contributed by atoms with Crippen molar-refractivity contribution in [3.8, 4) is 22.3 Å². The molecule has 3 heteroatoms. The van der Waals surface area contributed by atoms with Gasteiger partial charge in [0.1, 0.15) is 22.3 Å². The highest BCUT2D eigenvalue weighted by atomic mass is 16.3. The summed E-state index contributed by atoms with van der Waals surface area (Å²) in [5.41, 5.74) is 11.4. The summed E-state index contributed by atoms with van der Waals surface area (Å²) in [6.07, 6.45) is 0. The summed E-state index contributed by atoms with van der Waals surface area (Å²) < 4.78 is 12.7. The fourth-order valence-corrected chi connectivity index (χ4v) is 8.91. The first-order valence-corrected chi connectivity index (χ1v) is 19.4. The van der Waals surface area contributed by atoms with Gasteiger partial charge in [-0.3, -0.25) is 0 Å². The molecule has 0 aliphatic carbocycles. The molecule has 0 amide bonds. The molecule has 0 N–H and O–H groups in total. The average molecular weight is 728 g/mol. The molecule has 57 heavy (non-hydrogen) atoms. The molecule has 3 nitrogen and oxygen atoms in total. The Bertz CT molecular complexity index is 3530. The normalized spacial score (nSPS) is 11.9.